The molecular weight excluding hydrogens is 279 g/mol. The van der Waals surface area contributed by atoms with Gasteiger partial charge >= 0.3 is 6.09 Å². The first-order valence-corrected chi connectivity index (χ1v) is 6.49. The van der Waals surface area contributed by atoms with Crippen molar-refractivity contribution in [2.24, 2.45) is 0 Å². The van der Waals surface area contributed by atoms with E-state index in [0.717, 1.165) is 18.2 Å². The van der Waals surface area contributed by atoms with E-state index in [4.69, 9.17) is 4.74 Å². The molecule has 0 aliphatic carbocycles. The predicted molar refractivity (Wildman–Crippen MR) is 75.7 cm³/mol. The van der Waals surface area contributed by atoms with E-state index in [1.165, 1.54) is 0 Å². The zero-order valence-electron chi connectivity index (χ0n) is 12.5. The molecule has 1 amide bonds. The molecule has 116 valence electrons. The van der Waals surface area contributed by atoms with Crippen molar-refractivity contribution in [3.63, 3.8) is 0 Å². The summed E-state index contributed by atoms with van der Waals surface area (Å²) >= 11 is 0. The Kier molecular flexibility index (Phi) is 5.23. The van der Waals surface area contributed by atoms with E-state index < -0.39 is 28.3 Å². The maximum atomic E-state index is 13.7. The molecule has 1 aromatic carbocycles. The summed E-state index contributed by atoms with van der Waals surface area (Å²) in [6, 6.07) is 3.29. The highest BCUT2D eigenvalue weighted by atomic mass is 19.1. The van der Waals surface area contributed by atoms with Crippen LogP contribution in [-0.2, 0) is 4.74 Å². The second-order valence-corrected chi connectivity index (χ2v) is 5.84. The molecule has 0 radical (unpaired) electrons. The van der Waals surface area contributed by atoms with Crippen molar-refractivity contribution < 1.29 is 18.8 Å². The fourth-order valence-electron chi connectivity index (χ4n) is 1.66. The van der Waals surface area contributed by atoms with Gasteiger partial charge in [0, 0.05) is 29.2 Å². The minimum absolute atomic E-state index is 0.0694. The van der Waals surface area contributed by atoms with E-state index in [0.29, 0.717) is 0 Å². The number of carbonyl (C=O) groups is 1. The first kappa shape index (κ1) is 16.9. The number of carbonyl (C=O) groups excluding carboxylic acids is 1. The number of benzene rings is 1. The third kappa shape index (κ3) is 5.37. The van der Waals surface area contributed by atoms with Gasteiger partial charge in [-0.05, 0) is 26.8 Å². The van der Waals surface area contributed by atoms with Crippen LogP contribution in [-0.4, -0.2) is 23.2 Å². The molecule has 1 unspecified atom stereocenters. The number of nitrogens with zero attached hydrogens (tertiary/aromatic N) is 1. The van der Waals surface area contributed by atoms with E-state index >= 15 is 0 Å². The number of amides is 1. The Morgan fingerprint density at radius 3 is 2.62 bits per heavy atom. The third-order valence-electron chi connectivity index (χ3n) is 2.66. The highest BCUT2D eigenvalue weighted by Gasteiger charge is 2.19. The number of non-ortho nitro benzene ring substituents is 1. The normalized spacial score (nSPS) is 12.6. The smallest absolute Gasteiger partial charge is 0.407 e. The van der Waals surface area contributed by atoms with Gasteiger partial charge in [0.05, 0.1) is 11.5 Å². The molecule has 1 N–H and O–H groups in total. The summed E-state index contributed by atoms with van der Waals surface area (Å²) in [6.45, 7) is 6.97. The number of nitro groups is 1. The zero-order valence-corrected chi connectivity index (χ0v) is 12.5. The van der Waals surface area contributed by atoms with Gasteiger partial charge in [-0.1, -0.05) is 6.92 Å². The quantitative estimate of drug-likeness (QED) is 0.682. The Morgan fingerprint density at radius 2 is 2.10 bits per heavy atom. The molecule has 0 aliphatic rings. The second kappa shape index (κ2) is 6.51. The van der Waals surface area contributed by atoms with Gasteiger partial charge in [0.15, 0.2) is 0 Å². The van der Waals surface area contributed by atoms with Crippen molar-refractivity contribution in [3.8, 4) is 0 Å². The lowest BCUT2D eigenvalue weighted by molar-refractivity contribution is -0.385. The lowest BCUT2D eigenvalue weighted by Gasteiger charge is -2.21. The van der Waals surface area contributed by atoms with Crippen molar-refractivity contribution in [1.29, 1.82) is 0 Å². The highest BCUT2D eigenvalue weighted by molar-refractivity contribution is 5.68. The summed E-state index contributed by atoms with van der Waals surface area (Å²) in [4.78, 5) is 21.6. The van der Waals surface area contributed by atoms with Crippen LogP contribution in [0.1, 0.15) is 39.2 Å². The van der Waals surface area contributed by atoms with Gasteiger partial charge in [-0.15, -0.1) is 0 Å². The number of halogens is 1. The van der Waals surface area contributed by atoms with E-state index in [9.17, 15) is 19.3 Å². The van der Waals surface area contributed by atoms with Gasteiger partial charge in [0.2, 0.25) is 0 Å². The SMILES string of the molecule is CC(COC(=O)NC(C)(C)C)c1cc([N+](=O)[O-])ccc1F. The first-order valence-electron chi connectivity index (χ1n) is 6.49. The highest BCUT2D eigenvalue weighted by Crippen LogP contribution is 2.24. The lowest BCUT2D eigenvalue weighted by atomic mass is 10.0. The third-order valence-corrected chi connectivity index (χ3v) is 2.66. The average molecular weight is 298 g/mol. The van der Waals surface area contributed by atoms with Crippen molar-refractivity contribution in [3.05, 3.63) is 39.7 Å². The maximum absolute atomic E-state index is 13.7. The van der Waals surface area contributed by atoms with Crippen molar-refractivity contribution in [2.45, 2.75) is 39.2 Å². The summed E-state index contributed by atoms with van der Waals surface area (Å²) in [7, 11) is 0. The number of ether oxygens (including phenoxy) is 1. The molecule has 7 heteroatoms. The standard InChI is InChI=1S/C14H19FN2O4/c1-9(8-21-13(18)16-14(2,3)4)11-7-10(17(19)20)5-6-12(11)15/h5-7,9H,8H2,1-4H3,(H,16,18). The van der Waals surface area contributed by atoms with Gasteiger partial charge < -0.3 is 10.1 Å². The molecule has 0 saturated heterocycles. The number of hydrogen-bond donors (Lipinski definition) is 1. The number of alkyl carbamates (subject to hydrolysis) is 1. The number of hydrogen-bond acceptors (Lipinski definition) is 4. The summed E-state index contributed by atoms with van der Waals surface area (Å²) in [6.07, 6.45) is -0.611. The fourth-order valence-corrected chi connectivity index (χ4v) is 1.66. The molecule has 0 heterocycles. The van der Waals surface area contributed by atoms with Crippen LogP contribution in [0.25, 0.3) is 0 Å². The fraction of sp³-hybridized carbons (Fsp3) is 0.500. The van der Waals surface area contributed by atoms with Crippen molar-refractivity contribution in [1.82, 2.24) is 5.32 Å². The molecule has 0 fully saturated rings. The van der Waals surface area contributed by atoms with Gasteiger partial charge in [-0.3, -0.25) is 10.1 Å². The van der Waals surface area contributed by atoms with E-state index in [1.807, 2.05) is 0 Å². The molecular formula is C14H19FN2O4. The van der Waals surface area contributed by atoms with Crippen LogP contribution in [0.15, 0.2) is 18.2 Å². The average Bonchev–Trinajstić information content (AvgIpc) is 2.34. The van der Waals surface area contributed by atoms with Gasteiger partial charge in [-0.2, -0.15) is 0 Å². The van der Waals surface area contributed by atoms with Crippen LogP contribution in [0, 0.1) is 15.9 Å². The maximum Gasteiger partial charge on any atom is 0.407 e. The Balaban J connectivity index is 2.72. The monoisotopic (exact) mass is 298 g/mol. The second-order valence-electron chi connectivity index (χ2n) is 5.84. The van der Waals surface area contributed by atoms with E-state index in [1.54, 1.807) is 27.7 Å². The molecule has 1 aromatic rings. The first-order chi connectivity index (χ1) is 9.60. The molecule has 6 nitrogen and oxygen atoms in total. The molecule has 0 saturated carbocycles. The van der Waals surface area contributed by atoms with Crippen molar-refractivity contribution in [2.75, 3.05) is 6.61 Å². The summed E-state index contributed by atoms with van der Waals surface area (Å²) in [5, 5.41) is 13.3. The van der Waals surface area contributed by atoms with Gasteiger partial charge in [0.1, 0.15) is 5.82 Å². The molecule has 0 bridgehead atoms. The molecule has 1 atom stereocenters. The molecule has 1 rings (SSSR count). The van der Waals surface area contributed by atoms with Gasteiger partial charge in [-0.25, -0.2) is 9.18 Å². The van der Waals surface area contributed by atoms with Crippen LogP contribution >= 0.6 is 0 Å². The minimum Gasteiger partial charge on any atom is -0.449 e. The van der Waals surface area contributed by atoms with Crippen LogP contribution in [0.2, 0.25) is 0 Å². The van der Waals surface area contributed by atoms with E-state index in [-0.39, 0.29) is 17.9 Å². The van der Waals surface area contributed by atoms with Crippen molar-refractivity contribution >= 4 is 11.8 Å². The van der Waals surface area contributed by atoms with Crippen LogP contribution in [0.5, 0.6) is 0 Å². The van der Waals surface area contributed by atoms with E-state index in [2.05, 4.69) is 5.32 Å². The largest absolute Gasteiger partial charge is 0.449 e. The molecule has 0 spiro atoms. The number of nitro benzene ring substituents is 1. The Hall–Kier alpha value is -2.18. The lowest BCUT2D eigenvalue weighted by Crippen LogP contribution is -2.41. The topological polar surface area (TPSA) is 81.5 Å². The van der Waals surface area contributed by atoms with Gasteiger partial charge in [0.25, 0.3) is 5.69 Å². The van der Waals surface area contributed by atoms with Crippen LogP contribution < -0.4 is 5.32 Å². The van der Waals surface area contributed by atoms with Crippen LogP contribution in [0.4, 0.5) is 14.9 Å². The summed E-state index contributed by atoms with van der Waals surface area (Å²) < 4.78 is 18.7. The zero-order chi connectivity index (χ0) is 16.2. The Labute approximate surface area is 122 Å². The number of nitrogens with one attached hydrogen (secondary N) is 1. The Bertz CT molecular complexity index is 540. The number of rotatable bonds is 4. The molecule has 0 aliphatic heterocycles. The Morgan fingerprint density at radius 1 is 1.48 bits per heavy atom. The van der Waals surface area contributed by atoms with Crippen LogP contribution in [0.3, 0.4) is 0 Å². The molecule has 21 heavy (non-hydrogen) atoms. The summed E-state index contributed by atoms with van der Waals surface area (Å²) in [5.41, 5.74) is -0.484. The molecule has 0 aromatic heterocycles. The minimum atomic E-state index is -0.611. The summed E-state index contributed by atoms with van der Waals surface area (Å²) in [5.74, 6) is -1.05. The predicted octanol–water partition coefficient (Wildman–Crippen LogP) is 3.36.